The minimum absolute atomic E-state index is 0.168. The van der Waals surface area contributed by atoms with Gasteiger partial charge in [-0.2, -0.15) is 0 Å². The van der Waals surface area contributed by atoms with Crippen molar-refractivity contribution >= 4 is 70.6 Å². The fourth-order valence-corrected chi connectivity index (χ4v) is 30.8. The molecule has 8 rings (SSSR count). The Morgan fingerprint density at radius 2 is 0.604 bits per heavy atom. The SMILES string of the molecule is CCC(CC)c1c[n+](C)c(-c2cc(C(C)(C)C)ccc2C)c[c]1[Ge]([CH3])([CH3])[CH3].CCC(CC)c1c[n+](C)c(-c2cc(CC(C)C)ccc2C)c[c]1[Ge]([CH3])([CH3])[CH3].CCC(CC)c1c[n+](C)c(-c2ccc(C)cc2C)c[c]1[Ge]([CH3])([CH3])[CH3].CCC(CC)c1ccc(C)c(-c2c[c]([Ge]([CH3])([CH3])[CH3])c(C(CC)CC)c[n+]2C)c1. The summed E-state index contributed by atoms with van der Waals surface area (Å²) in [5, 5.41) is 0. The van der Waals surface area contributed by atoms with Crippen molar-refractivity contribution in [2.75, 3.05) is 0 Å². The van der Waals surface area contributed by atoms with E-state index in [1.54, 1.807) is 39.8 Å². The first-order valence-corrected chi connectivity index (χ1v) is 71.3. The average Bonchev–Trinajstić information content (AvgIpc) is 0.716. The summed E-state index contributed by atoms with van der Waals surface area (Å²) in [6, 6.07) is 38.2. The van der Waals surface area contributed by atoms with Crippen LogP contribution >= 0.6 is 0 Å². The second kappa shape index (κ2) is 39.7. The molecule has 0 saturated carbocycles. The quantitative estimate of drug-likeness (QED) is 0.0400. The normalized spacial score (nSPS) is 12.3. The Labute approximate surface area is 664 Å². The molecule has 0 saturated heterocycles. The van der Waals surface area contributed by atoms with Crippen LogP contribution < -0.4 is 35.9 Å². The Morgan fingerprint density at radius 1 is 0.311 bits per heavy atom. The van der Waals surface area contributed by atoms with Crippen LogP contribution in [0.15, 0.2) is 122 Å². The number of hydrogen-bond acceptors (Lipinski definition) is 0. The molecule has 0 aliphatic carbocycles. The van der Waals surface area contributed by atoms with Gasteiger partial charge in [0.05, 0.1) is 0 Å². The molecular weight excluding hydrogens is 1520 g/mol. The zero-order chi connectivity index (χ0) is 80.1. The molecule has 0 radical (unpaired) electrons. The summed E-state index contributed by atoms with van der Waals surface area (Å²) in [5.74, 6) is 34.4. The van der Waals surface area contributed by atoms with Gasteiger partial charge in [-0.05, 0) is 0 Å². The van der Waals surface area contributed by atoms with E-state index < -0.39 is 53.1 Å². The predicted octanol–water partition coefficient (Wildman–Crippen LogP) is 24.4. The Bertz CT molecular complexity index is 4170. The Morgan fingerprint density at radius 3 is 0.896 bits per heavy atom. The van der Waals surface area contributed by atoms with Gasteiger partial charge in [0, 0.05) is 0 Å². The number of aryl methyl sites for hydroxylation is 9. The van der Waals surface area contributed by atoms with Gasteiger partial charge in [-0.15, -0.1) is 0 Å². The van der Waals surface area contributed by atoms with E-state index in [-0.39, 0.29) is 5.41 Å². The Hall–Kier alpha value is -4.35. The molecule has 4 nitrogen and oxygen atoms in total. The molecule has 0 fully saturated rings. The van der Waals surface area contributed by atoms with Gasteiger partial charge in [0.1, 0.15) is 0 Å². The Kier molecular flexibility index (Phi) is 34.6. The maximum absolute atomic E-state index is 2.56. The second-order valence-corrected chi connectivity index (χ2v) is 79.8. The van der Waals surface area contributed by atoms with Gasteiger partial charge < -0.3 is 0 Å². The molecule has 8 aromatic rings. The third-order valence-electron chi connectivity index (χ3n) is 23.4. The van der Waals surface area contributed by atoms with E-state index in [4.69, 9.17) is 0 Å². The maximum atomic E-state index is 2.56. The number of rotatable bonds is 25. The Balaban J connectivity index is 0.000000254. The number of hydrogen-bond donors (Lipinski definition) is 0. The molecular formula is C98H156Ge4N4+4. The fraction of sp³-hybridized carbons (Fsp3) is 0.551. The van der Waals surface area contributed by atoms with Crippen molar-refractivity contribution < 1.29 is 18.3 Å². The van der Waals surface area contributed by atoms with E-state index in [0.717, 1.165) is 6.42 Å². The third-order valence-corrected chi connectivity index (χ3v) is 40.6. The van der Waals surface area contributed by atoms with Crippen LogP contribution in [0.3, 0.4) is 0 Å². The summed E-state index contributed by atoms with van der Waals surface area (Å²) in [5.41, 5.74) is 28.8. The summed E-state index contributed by atoms with van der Waals surface area (Å²) >= 11 is -7.91. The second-order valence-electron chi connectivity index (χ2n) is 37.5. The molecule has 106 heavy (non-hydrogen) atoms. The molecule has 8 heteroatoms. The zero-order valence-electron chi connectivity index (χ0n) is 75.1. The molecule has 4 heterocycles. The monoisotopic (exact) mass is 1680 g/mol. The van der Waals surface area contributed by atoms with Crippen LogP contribution in [0, 0.1) is 40.5 Å². The van der Waals surface area contributed by atoms with Gasteiger partial charge in [-0.3, -0.25) is 0 Å². The summed E-state index contributed by atoms with van der Waals surface area (Å²) in [6.07, 6.45) is 23.2. The van der Waals surface area contributed by atoms with Crippen LogP contribution in [-0.4, -0.2) is 53.1 Å². The molecule has 0 unspecified atom stereocenters. The third kappa shape index (κ3) is 23.8. The van der Waals surface area contributed by atoms with Gasteiger partial charge >= 0.3 is 670 Å². The van der Waals surface area contributed by atoms with E-state index in [1.165, 1.54) is 154 Å². The van der Waals surface area contributed by atoms with Crippen LogP contribution in [0.4, 0.5) is 0 Å². The summed E-state index contributed by atoms with van der Waals surface area (Å²) < 4.78 is 16.2. The fourth-order valence-electron chi connectivity index (χ4n) is 16.5. The van der Waals surface area contributed by atoms with E-state index in [1.807, 2.05) is 0 Å². The summed E-state index contributed by atoms with van der Waals surface area (Å²) in [7, 11) is 8.91. The molecule has 0 atom stereocenters. The molecule has 0 aliphatic heterocycles. The van der Waals surface area contributed by atoms with Crippen molar-refractivity contribution in [1.29, 1.82) is 0 Å². The van der Waals surface area contributed by atoms with Crippen LogP contribution in [0.25, 0.3) is 45.0 Å². The van der Waals surface area contributed by atoms with Crippen molar-refractivity contribution in [3.8, 4) is 45.0 Å². The molecule has 0 aliphatic rings. The first kappa shape index (κ1) is 92.3. The minimum atomic E-state index is -1.99. The topological polar surface area (TPSA) is 15.5 Å². The van der Waals surface area contributed by atoms with Gasteiger partial charge in [-0.1, -0.05) is 0 Å². The number of aromatic nitrogens is 4. The van der Waals surface area contributed by atoms with E-state index in [9.17, 15) is 0 Å². The van der Waals surface area contributed by atoms with E-state index >= 15 is 0 Å². The van der Waals surface area contributed by atoms with Crippen LogP contribution in [0.2, 0.25) is 69.1 Å². The summed E-state index contributed by atoms with van der Waals surface area (Å²) in [4.78, 5) is 0. The number of nitrogens with zero attached hydrogens (tertiary/aromatic N) is 4. The van der Waals surface area contributed by atoms with Crippen molar-refractivity contribution in [3.05, 3.63) is 189 Å². The molecule has 0 N–H and O–H groups in total. The van der Waals surface area contributed by atoms with Crippen molar-refractivity contribution in [1.82, 2.24) is 0 Å². The first-order valence-electron chi connectivity index (χ1n) is 41.9. The molecule has 0 amide bonds. The molecule has 0 spiro atoms. The van der Waals surface area contributed by atoms with Crippen LogP contribution in [-0.2, 0) is 40.0 Å². The molecule has 4 aromatic carbocycles. The van der Waals surface area contributed by atoms with Gasteiger partial charge in [0.15, 0.2) is 0 Å². The van der Waals surface area contributed by atoms with Gasteiger partial charge in [0.2, 0.25) is 0 Å². The summed E-state index contributed by atoms with van der Waals surface area (Å²) in [6.45, 7) is 45.9. The van der Waals surface area contributed by atoms with Crippen molar-refractivity contribution in [3.63, 3.8) is 0 Å². The van der Waals surface area contributed by atoms with E-state index in [2.05, 4.69) is 376 Å². The molecule has 0 bridgehead atoms. The molecule has 4 aromatic heterocycles. The van der Waals surface area contributed by atoms with Crippen LogP contribution in [0.1, 0.15) is 264 Å². The molecule has 580 valence electrons. The van der Waals surface area contributed by atoms with Gasteiger partial charge in [-0.25, -0.2) is 0 Å². The predicted molar refractivity (Wildman–Crippen MR) is 482 cm³/mol. The van der Waals surface area contributed by atoms with Crippen molar-refractivity contribution in [2.24, 2.45) is 34.1 Å². The van der Waals surface area contributed by atoms with E-state index in [0.29, 0.717) is 35.5 Å². The number of pyridine rings is 4. The first-order chi connectivity index (χ1) is 49.3. The van der Waals surface area contributed by atoms with Crippen molar-refractivity contribution in [2.45, 2.75) is 313 Å². The van der Waals surface area contributed by atoms with Crippen LogP contribution in [0.5, 0.6) is 0 Å². The zero-order valence-corrected chi connectivity index (χ0v) is 83.5. The number of benzene rings is 4. The standard InChI is InChI=1S/C26H42GeN.2C25H40GeN.C22H34GeN/c1-10-20(11-2)22-15-14-19(5)23(16-22)26-17-25(27(6,7)8)24(18-28(26)9)21(12-3)13-4;1-11-19(12-2)22-17-27(10)24(16-23(22)26(7,8)9)21-15-20(25(4,5)6)14-13-18(21)3;1-10-21(11-2)23-17-27(9)25(16-24(23)26(6,7)8)22-15-20(14-18(3)4)13-12-19(22)5;1-9-18(10-2)20-15-24(8)22(14-21(20)23(5,6)7)19-12-11-16(3)13-17(19)4/h14-18,20-21H,10-13H2,1-9H3;13-17,19H,11-12H2,1-10H3;12-13,15-18,21H,10-11,14H2,1-9H3;11-15,18H,9-10H2,1-8H3/q4*+1. The average molecular weight is 1680 g/mol. The van der Waals surface area contributed by atoms with Gasteiger partial charge in [0.25, 0.3) is 0 Å².